The minimum atomic E-state index is -0.314. The molecule has 5 heteroatoms. The van der Waals surface area contributed by atoms with E-state index >= 15 is 0 Å². The van der Waals surface area contributed by atoms with Gasteiger partial charge in [0.1, 0.15) is 13.2 Å². The number of rotatable bonds is 4. The van der Waals surface area contributed by atoms with Crippen LogP contribution >= 0.6 is 11.3 Å². The molecule has 0 unspecified atom stereocenters. The number of hydrogen-bond acceptors (Lipinski definition) is 4. The van der Waals surface area contributed by atoms with E-state index in [2.05, 4.69) is 11.8 Å². The zero-order valence-corrected chi connectivity index (χ0v) is 13.2. The average Bonchev–Trinajstić information content (AvgIpc) is 2.80. The summed E-state index contributed by atoms with van der Waals surface area (Å²) in [6, 6.07) is 1.93. The zero-order valence-electron chi connectivity index (χ0n) is 12.4. The van der Waals surface area contributed by atoms with Gasteiger partial charge in [-0.3, -0.25) is 4.79 Å². The van der Waals surface area contributed by atoms with E-state index in [1.165, 1.54) is 11.3 Å². The number of thiophene rings is 1. The van der Waals surface area contributed by atoms with Gasteiger partial charge in [-0.25, -0.2) is 0 Å². The van der Waals surface area contributed by atoms with Crippen LogP contribution in [0.1, 0.15) is 31.2 Å². The van der Waals surface area contributed by atoms with E-state index in [4.69, 9.17) is 9.84 Å². The van der Waals surface area contributed by atoms with Crippen molar-refractivity contribution in [2.24, 2.45) is 0 Å². The third-order valence-corrected chi connectivity index (χ3v) is 3.31. The molecule has 1 amide bonds. The molecule has 1 rings (SSSR count). The van der Waals surface area contributed by atoms with Gasteiger partial charge in [-0.15, -0.1) is 11.3 Å². The molecule has 0 aliphatic heterocycles. The van der Waals surface area contributed by atoms with E-state index in [1.54, 1.807) is 11.9 Å². The van der Waals surface area contributed by atoms with Crippen molar-refractivity contribution in [1.82, 2.24) is 4.90 Å². The summed E-state index contributed by atoms with van der Waals surface area (Å²) in [5.41, 5.74) is 0.718. The molecular formula is C15H21NO3S. The van der Waals surface area contributed by atoms with Gasteiger partial charge < -0.3 is 14.7 Å². The highest BCUT2D eigenvalue weighted by atomic mass is 32.1. The van der Waals surface area contributed by atoms with Crippen LogP contribution in [0.25, 0.3) is 0 Å². The summed E-state index contributed by atoms with van der Waals surface area (Å²) in [5, 5.41) is 10.6. The Labute approximate surface area is 124 Å². The lowest BCUT2D eigenvalue weighted by molar-refractivity contribution is -0.140. The third kappa shape index (κ3) is 6.20. The van der Waals surface area contributed by atoms with E-state index in [0.29, 0.717) is 6.54 Å². The second-order valence-electron chi connectivity index (χ2n) is 5.43. The van der Waals surface area contributed by atoms with Gasteiger partial charge in [-0.05, 0) is 37.8 Å². The van der Waals surface area contributed by atoms with Crippen LogP contribution in [0.2, 0.25) is 0 Å². The second kappa shape index (κ2) is 7.44. The van der Waals surface area contributed by atoms with E-state index in [1.807, 2.05) is 32.2 Å². The first kappa shape index (κ1) is 16.7. The van der Waals surface area contributed by atoms with Crippen molar-refractivity contribution in [2.45, 2.75) is 32.9 Å². The molecule has 20 heavy (non-hydrogen) atoms. The average molecular weight is 295 g/mol. The summed E-state index contributed by atoms with van der Waals surface area (Å²) in [5.74, 6) is 5.41. The molecule has 0 saturated heterocycles. The first-order valence-electron chi connectivity index (χ1n) is 6.37. The van der Waals surface area contributed by atoms with Gasteiger partial charge in [0.05, 0.1) is 10.5 Å². The highest BCUT2D eigenvalue weighted by Gasteiger charge is 2.16. The first-order valence-corrected chi connectivity index (χ1v) is 7.25. The van der Waals surface area contributed by atoms with Crippen LogP contribution in [0.3, 0.4) is 0 Å². The molecule has 0 radical (unpaired) electrons. The van der Waals surface area contributed by atoms with Crippen molar-refractivity contribution in [3.8, 4) is 11.8 Å². The van der Waals surface area contributed by atoms with Crippen LogP contribution in [0.5, 0.6) is 0 Å². The van der Waals surface area contributed by atoms with Gasteiger partial charge in [0.2, 0.25) is 5.91 Å². The van der Waals surface area contributed by atoms with Crippen molar-refractivity contribution >= 4 is 17.2 Å². The maximum atomic E-state index is 11.9. The Morgan fingerprint density at radius 3 is 2.80 bits per heavy atom. The van der Waals surface area contributed by atoms with Crippen molar-refractivity contribution in [3.05, 3.63) is 21.9 Å². The smallest absolute Gasteiger partial charge is 0.248 e. The van der Waals surface area contributed by atoms with Crippen LogP contribution in [0, 0.1) is 11.8 Å². The fourth-order valence-corrected chi connectivity index (χ4v) is 2.17. The second-order valence-corrected chi connectivity index (χ2v) is 6.34. The van der Waals surface area contributed by atoms with Crippen molar-refractivity contribution in [2.75, 3.05) is 20.3 Å². The maximum absolute atomic E-state index is 11.9. The summed E-state index contributed by atoms with van der Waals surface area (Å²) in [4.78, 5) is 14.4. The molecule has 0 aliphatic rings. The highest BCUT2D eigenvalue weighted by Crippen LogP contribution is 2.15. The van der Waals surface area contributed by atoms with Crippen LogP contribution in [-0.2, 0) is 16.1 Å². The number of likely N-dealkylation sites (N-methyl/N-ethyl adjacent to an activating group) is 1. The van der Waals surface area contributed by atoms with E-state index in [9.17, 15) is 4.79 Å². The Hall–Kier alpha value is -1.35. The number of carbonyl (C=O) groups is 1. The van der Waals surface area contributed by atoms with Gasteiger partial charge in [0.15, 0.2) is 0 Å². The van der Waals surface area contributed by atoms with Crippen molar-refractivity contribution < 1.29 is 14.6 Å². The Balaban J connectivity index is 2.51. The predicted molar refractivity (Wildman–Crippen MR) is 80.5 cm³/mol. The van der Waals surface area contributed by atoms with E-state index in [-0.39, 0.29) is 24.7 Å². The predicted octanol–water partition coefficient (Wildman–Crippen LogP) is 1.87. The molecule has 0 fully saturated rings. The largest absolute Gasteiger partial charge is 0.384 e. The topological polar surface area (TPSA) is 49.8 Å². The number of ether oxygens (including phenoxy) is 1. The normalized spacial score (nSPS) is 10.8. The Bertz CT molecular complexity index is 505. The van der Waals surface area contributed by atoms with Gasteiger partial charge in [-0.2, -0.15) is 0 Å². The molecule has 0 atom stereocenters. The first-order chi connectivity index (χ1) is 9.31. The van der Waals surface area contributed by atoms with Crippen molar-refractivity contribution in [3.63, 3.8) is 0 Å². The minimum absolute atomic E-state index is 0.0471. The molecule has 1 aromatic rings. The van der Waals surface area contributed by atoms with Crippen LogP contribution in [0.15, 0.2) is 11.4 Å². The summed E-state index contributed by atoms with van der Waals surface area (Å²) in [6.45, 7) is 6.24. The molecule has 4 nitrogen and oxygen atoms in total. The number of aliphatic hydroxyl groups is 1. The van der Waals surface area contributed by atoms with Gasteiger partial charge in [0.25, 0.3) is 0 Å². The van der Waals surface area contributed by atoms with E-state index in [0.717, 1.165) is 10.4 Å². The monoisotopic (exact) mass is 295 g/mol. The zero-order chi connectivity index (χ0) is 15.2. The van der Waals surface area contributed by atoms with Crippen LogP contribution in [0.4, 0.5) is 0 Å². The molecule has 0 bridgehead atoms. The molecule has 0 aliphatic carbocycles. The minimum Gasteiger partial charge on any atom is -0.384 e. The molecule has 1 heterocycles. The number of carbonyl (C=O) groups excluding carboxylic acids is 1. The molecule has 110 valence electrons. The number of aliphatic hydroxyl groups excluding tert-OH is 1. The molecule has 1 N–H and O–H groups in total. The number of amides is 1. The van der Waals surface area contributed by atoms with Gasteiger partial charge in [-0.1, -0.05) is 11.8 Å². The summed E-state index contributed by atoms with van der Waals surface area (Å²) in [7, 11) is 1.76. The Kier molecular flexibility index (Phi) is 6.21. The Morgan fingerprint density at radius 1 is 1.50 bits per heavy atom. The third-order valence-electron chi connectivity index (χ3n) is 2.42. The number of hydrogen-bond donors (Lipinski definition) is 1. The molecule has 1 aromatic heterocycles. The molecule has 0 saturated carbocycles. The van der Waals surface area contributed by atoms with Crippen LogP contribution in [-0.4, -0.2) is 41.8 Å². The maximum Gasteiger partial charge on any atom is 0.248 e. The van der Waals surface area contributed by atoms with Gasteiger partial charge >= 0.3 is 0 Å². The van der Waals surface area contributed by atoms with Crippen molar-refractivity contribution in [1.29, 1.82) is 0 Å². The standard InChI is InChI=1S/C15H21NO3S/c1-15(2,3)19-10-14(18)16(4)9-12-8-13(20-11-12)6-5-7-17/h8,11,17H,7,9-10H2,1-4H3. The SMILES string of the molecule is CN(Cc1csc(C#CCO)c1)C(=O)COC(C)(C)C. The quantitative estimate of drug-likeness (QED) is 0.863. The summed E-state index contributed by atoms with van der Waals surface area (Å²) < 4.78 is 5.47. The summed E-state index contributed by atoms with van der Waals surface area (Å²) >= 11 is 1.51. The lowest BCUT2D eigenvalue weighted by Gasteiger charge is -2.22. The fraction of sp³-hybridized carbons (Fsp3) is 0.533. The molecule has 0 aromatic carbocycles. The fourth-order valence-electron chi connectivity index (χ4n) is 1.40. The molecular weight excluding hydrogens is 274 g/mol. The van der Waals surface area contributed by atoms with Crippen LogP contribution < -0.4 is 0 Å². The lowest BCUT2D eigenvalue weighted by Crippen LogP contribution is -2.33. The van der Waals surface area contributed by atoms with E-state index < -0.39 is 0 Å². The molecule has 0 spiro atoms. The summed E-state index contributed by atoms with van der Waals surface area (Å²) in [6.07, 6.45) is 0. The number of nitrogens with zero attached hydrogens (tertiary/aromatic N) is 1. The lowest BCUT2D eigenvalue weighted by atomic mass is 10.2. The van der Waals surface area contributed by atoms with Gasteiger partial charge in [0, 0.05) is 13.6 Å². The highest BCUT2D eigenvalue weighted by molar-refractivity contribution is 7.10. The Morgan fingerprint density at radius 2 is 2.20 bits per heavy atom.